The van der Waals surface area contributed by atoms with Gasteiger partial charge in [-0.15, -0.1) is 0 Å². The molecular weight excluding hydrogens is 291 g/mol. The van der Waals surface area contributed by atoms with Crippen molar-refractivity contribution in [1.82, 2.24) is 9.97 Å². The lowest BCUT2D eigenvalue weighted by molar-refractivity contribution is -0.137. The molecule has 2 aromatic heterocycles. The zero-order valence-corrected chi connectivity index (χ0v) is 12.7. The van der Waals surface area contributed by atoms with Gasteiger partial charge in [-0.3, -0.25) is 9.97 Å². The highest BCUT2D eigenvalue weighted by molar-refractivity contribution is 5.46. The molecule has 0 fully saturated rings. The van der Waals surface area contributed by atoms with Crippen molar-refractivity contribution in [1.29, 1.82) is 0 Å². The fraction of sp³-hybridized carbons (Fsp3) is 0.375. The molecule has 3 nitrogen and oxygen atoms in total. The number of hydrogen-bond donors (Lipinski definition) is 1. The second kappa shape index (κ2) is 6.34. The zero-order chi connectivity index (χ0) is 16.3. The minimum atomic E-state index is -4.36. The molecular formula is C16H18F3N3. The van der Waals surface area contributed by atoms with Crippen molar-refractivity contribution in [2.24, 2.45) is 0 Å². The topological polar surface area (TPSA) is 37.8 Å². The summed E-state index contributed by atoms with van der Waals surface area (Å²) in [6.45, 7) is 4.04. The lowest BCUT2D eigenvalue weighted by Crippen LogP contribution is -2.07. The highest BCUT2D eigenvalue weighted by Crippen LogP contribution is 2.29. The van der Waals surface area contributed by atoms with Gasteiger partial charge in [0.15, 0.2) is 0 Å². The molecule has 0 aliphatic heterocycles. The van der Waals surface area contributed by atoms with E-state index in [9.17, 15) is 13.2 Å². The number of rotatable bonds is 4. The third-order valence-electron chi connectivity index (χ3n) is 3.28. The van der Waals surface area contributed by atoms with Crippen molar-refractivity contribution >= 4 is 5.69 Å². The highest BCUT2D eigenvalue weighted by atomic mass is 19.4. The number of nitrogens with one attached hydrogen (secondary N) is 1. The van der Waals surface area contributed by atoms with E-state index in [1.165, 1.54) is 6.20 Å². The van der Waals surface area contributed by atoms with E-state index < -0.39 is 11.7 Å². The summed E-state index contributed by atoms with van der Waals surface area (Å²) in [5.74, 6) is 0.238. The smallest absolute Gasteiger partial charge is 0.388 e. The molecule has 2 aromatic rings. The Morgan fingerprint density at radius 1 is 1.14 bits per heavy atom. The first-order valence-corrected chi connectivity index (χ1v) is 7.00. The average Bonchev–Trinajstić information content (AvgIpc) is 2.46. The molecule has 0 saturated heterocycles. The van der Waals surface area contributed by atoms with Gasteiger partial charge in [0.2, 0.25) is 0 Å². The molecule has 2 rings (SSSR count). The summed E-state index contributed by atoms with van der Waals surface area (Å²) < 4.78 is 38.2. The van der Waals surface area contributed by atoms with Gasteiger partial charge in [-0.25, -0.2) is 0 Å². The Morgan fingerprint density at radius 3 is 2.45 bits per heavy atom. The maximum absolute atomic E-state index is 12.7. The normalized spacial score (nSPS) is 11.8. The average molecular weight is 309 g/mol. The minimum absolute atomic E-state index is 0.238. The first kappa shape index (κ1) is 16.3. The van der Waals surface area contributed by atoms with Crippen molar-refractivity contribution < 1.29 is 13.2 Å². The number of alkyl halides is 3. The molecule has 1 N–H and O–H groups in total. The molecule has 0 unspecified atom stereocenters. The number of pyridine rings is 2. The van der Waals surface area contributed by atoms with Crippen LogP contribution in [0.5, 0.6) is 0 Å². The van der Waals surface area contributed by atoms with E-state index in [2.05, 4.69) is 15.3 Å². The van der Waals surface area contributed by atoms with Gasteiger partial charge in [0.25, 0.3) is 0 Å². The van der Waals surface area contributed by atoms with Crippen LogP contribution in [0.2, 0.25) is 0 Å². The molecule has 2 heterocycles. The largest absolute Gasteiger partial charge is 0.416 e. The fourth-order valence-corrected chi connectivity index (χ4v) is 2.08. The number of aromatic nitrogens is 2. The molecule has 118 valence electrons. The Balaban J connectivity index is 2.32. The fourth-order valence-electron chi connectivity index (χ4n) is 2.08. The molecule has 22 heavy (non-hydrogen) atoms. The molecule has 0 aromatic carbocycles. The number of halogens is 3. The maximum atomic E-state index is 12.7. The van der Waals surface area contributed by atoms with Gasteiger partial charge in [0.1, 0.15) is 0 Å². The van der Waals surface area contributed by atoms with Crippen LogP contribution in [0.15, 0.2) is 30.5 Å². The summed E-state index contributed by atoms with van der Waals surface area (Å²) in [6.07, 6.45) is -2.91. The Labute approximate surface area is 127 Å². The minimum Gasteiger partial charge on any atom is -0.388 e. The van der Waals surface area contributed by atoms with Crippen LogP contribution in [0.1, 0.15) is 42.4 Å². The van der Waals surface area contributed by atoms with Gasteiger partial charge in [0.05, 0.1) is 5.56 Å². The molecule has 0 spiro atoms. The molecule has 0 bridgehead atoms. The van der Waals surface area contributed by atoms with Crippen LogP contribution in [-0.2, 0) is 12.6 Å². The van der Waals surface area contributed by atoms with Crippen LogP contribution < -0.4 is 5.32 Å². The molecule has 0 atom stereocenters. The monoisotopic (exact) mass is 309 g/mol. The lowest BCUT2D eigenvalue weighted by atomic mass is 10.1. The van der Waals surface area contributed by atoms with E-state index in [1.807, 2.05) is 26.0 Å². The highest BCUT2D eigenvalue weighted by Gasteiger charge is 2.30. The van der Waals surface area contributed by atoms with Gasteiger partial charge >= 0.3 is 6.18 Å². The first-order valence-electron chi connectivity index (χ1n) is 7.00. The van der Waals surface area contributed by atoms with Gasteiger partial charge in [-0.05, 0) is 30.2 Å². The van der Waals surface area contributed by atoms with Crippen molar-refractivity contribution in [3.05, 3.63) is 53.1 Å². The summed E-state index contributed by atoms with van der Waals surface area (Å²) in [7, 11) is 1.80. The predicted molar refractivity (Wildman–Crippen MR) is 79.9 cm³/mol. The number of hydrogen-bond acceptors (Lipinski definition) is 3. The second-order valence-electron chi connectivity index (χ2n) is 5.39. The molecule has 0 aliphatic carbocycles. The van der Waals surface area contributed by atoms with Crippen molar-refractivity contribution in [2.75, 3.05) is 12.4 Å². The summed E-state index contributed by atoms with van der Waals surface area (Å²) in [5.41, 5.74) is 2.15. The molecule has 0 saturated carbocycles. The summed E-state index contributed by atoms with van der Waals surface area (Å²) in [6, 6.07) is 5.81. The third-order valence-corrected chi connectivity index (χ3v) is 3.28. The quantitative estimate of drug-likeness (QED) is 0.917. The lowest BCUT2D eigenvalue weighted by Gasteiger charge is -2.12. The van der Waals surface area contributed by atoms with Crippen molar-refractivity contribution in [3.63, 3.8) is 0 Å². The molecule has 0 amide bonds. The first-order chi connectivity index (χ1) is 10.3. The van der Waals surface area contributed by atoms with E-state index in [0.29, 0.717) is 11.4 Å². The van der Waals surface area contributed by atoms with Gasteiger partial charge < -0.3 is 5.32 Å². The maximum Gasteiger partial charge on any atom is 0.416 e. The Hall–Kier alpha value is -2.11. The van der Waals surface area contributed by atoms with Gasteiger partial charge in [-0.1, -0.05) is 13.8 Å². The van der Waals surface area contributed by atoms with E-state index in [-0.39, 0.29) is 12.3 Å². The Bertz CT molecular complexity index is 651. The van der Waals surface area contributed by atoms with E-state index in [1.54, 1.807) is 7.05 Å². The van der Waals surface area contributed by atoms with E-state index in [0.717, 1.165) is 23.5 Å². The summed E-state index contributed by atoms with van der Waals surface area (Å²) in [5, 5.41) is 3.04. The molecule has 0 aliphatic rings. The van der Waals surface area contributed by atoms with Crippen LogP contribution in [0, 0.1) is 0 Å². The van der Waals surface area contributed by atoms with Crippen LogP contribution in [0.3, 0.4) is 0 Å². The standard InChI is InChI=1S/C16H18F3N3/c1-10(2)15-9-12(20-3)7-14(22-15)8-13-6-11(4-5-21-13)16(17,18)19/h4-7,9-10H,8H2,1-3H3,(H,20,22). The second-order valence-corrected chi connectivity index (χ2v) is 5.39. The Kier molecular flexibility index (Phi) is 4.68. The van der Waals surface area contributed by atoms with Crippen LogP contribution in [0.4, 0.5) is 18.9 Å². The van der Waals surface area contributed by atoms with Crippen molar-refractivity contribution in [3.8, 4) is 0 Å². The third kappa shape index (κ3) is 3.96. The predicted octanol–water partition coefficient (Wildman–Crippen LogP) is 4.25. The van der Waals surface area contributed by atoms with Gasteiger partial charge in [0, 0.05) is 42.4 Å². The number of nitrogens with zero attached hydrogens (tertiary/aromatic N) is 2. The molecule has 0 radical (unpaired) electrons. The van der Waals surface area contributed by atoms with Crippen molar-refractivity contribution in [2.45, 2.75) is 32.4 Å². The van der Waals surface area contributed by atoms with E-state index >= 15 is 0 Å². The SMILES string of the molecule is CNc1cc(Cc2cc(C(F)(F)F)ccn2)nc(C(C)C)c1. The van der Waals surface area contributed by atoms with Gasteiger partial charge in [-0.2, -0.15) is 13.2 Å². The van der Waals surface area contributed by atoms with Crippen LogP contribution in [0.25, 0.3) is 0 Å². The Morgan fingerprint density at radius 2 is 1.86 bits per heavy atom. The zero-order valence-electron chi connectivity index (χ0n) is 12.7. The molecule has 6 heteroatoms. The number of anilines is 1. The van der Waals surface area contributed by atoms with E-state index in [4.69, 9.17) is 0 Å². The summed E-state index contributed by atoms with van der Waals surface area (Å²) in [4.78, 5) is 8.52. The van der Waals surface area contributed by atoms with Crippen LogP contribution in [-0.4, -0.2) is 17.0 Å². The summed E-state index contributed by atoms with van der Waals surface area (Å²) >= 11 is 0. The van der Waals surface area contributed by atoms with Crippen LogP contribution >= 0.6 is 0 Å².